The van der Waals surface area contributed by atoms with Crippen LogP contribution in [-0.2, 0) is 9.53 Å². The van der Waals surface area contributed by atoms with E-state index in [0.717, 1.165) is 5.56 Å². The summed E-state index contributed by atoms with van der Waals surface area (Å²) in [5.41, 5.74) is 1.46. The van der Waals surface area contributed by atoms with Crippen LogP contribution < -0.4 is 5.32 Å². The first-order valence-electron chi connectivity index (χ1n) is 6.30. The summed E-state index contributed by atoms with van der Waals surface area (Å²) in [6.45, 7) is 1.39. The number of halogens is 2. The van der Waals surface area contributed by atoms with Crippen molar-refractivity contribution >= 4 is 40.8 Å². The molecule has 0 spiro atoms. The Balaban J connectivity index is 1.91. The SMILES string of the molecule is Cc1cc(Cl)ccc1NC(=O)COC(=O)c1cc(Cl)ccn1. The normalized spacial score (nSPS) is 10.1. The monoisotopic (exact) mass is 338 g/mol. The Hall–Kier alpha value is -2.11. The van der Waals surface area contributed by atoms with Crippen molar-refractivity contribution in [3.05, 3.63) is 57.8 Å². The van der Waals surface area contributed by atoms with Crippen LogP contribution in [0.25, 0.3) is 0 Å². The molecule has 1 heterocycles. The fourth-order valence-corrected chi connectivity index (χ4v) is 2.06. The van der Waals surface area contributed by atoms with Crippen molar-refractivity contribution in [2.24, 2.45) is 0 Å². The van der Waals surface area contributed by atoms with Crippen LogP contribution in [0.1, 0.15) is 16.1 Å². The van der Waals surface area contributed by atoms with Gasteiger partial charge in [-0.25, -0.2) is 9.78 Å². The number of nitrogens with zero attached hydrogens (tertiary/aromatic N) is 1. The molecule has 1 N–H and O–H groups in total. The van der Waals surface area contributed by atoms with Gasteiger partial charge in [0.15, 0.2) is 6.61 Å². The highest BCUT2D eigenvalue weighted by molar-refractivity contribution is 6.31. The molecule has 114 valence electrons. The van der Waals surface area contributed by atoms with Crippen molar-refractivity contribution in [3.63, 3.8) is 0 Å². The summed E-state index contributed by atoms with van der Waals surface area (Å²) in [6.07, 6.45) is 1.38. The maximum absolute atomic E-state index is 11.8. The summed E-state index contributed by atoms with van der Waals surface area (Å²) in [7, 11) is 0. The van der Waals surface area contributed by atoms with Crippen LogP contribution in [-0.4, -0.2) is 23.5 Å². The Morgan fingerprint density at radius 2 is 1.91 bits per heavy atom. The molecule has 5 nitrogen and oxygen atoms in total. The number of hydrogen-bond acceptors (Lipinski definition) is 4. The van der Waals surface area contributed by atoms with E-state index in [1.807, 2.05) is 6.92 Å². The van der Waals surface area contributed by atoms with E-state index in [1.165, 1.54) is 18.3 Å². The summed E-state index contributed by atoms with van der Waals surface area (Å²) in [5, 5.41) is 3.58. The third-order valence-electron chi connectivity index (χ3n) is 2.73. The molecule has 0 unspecified atom stereocenters. The highest BCUT2D eigenvalue weighted by atomic mass is 35.5. The summed E-state index contributed by atoms with van der Waals surface area (Å²) in [4.78, 5) is 27.3. The molecule has 0 aliphatic heterocycles. The number of pyridine rings is 1. The van der Waals surface area contributed by atoms with Crippen LogP contribution >= 0.6 is 23.2 Å². The van der Waals surface area contributed by atoms with E-state index in [2.05, 4.69) is 10.3 Å². The minimum atomic E-state index is -0.717. The number of nitrogens with one attached hydrogen (secondary N) is 1. The average Bonchev–Trinajstić information content (AvgIpc) is 2.47. The molecule has 22 heavy (non-hydrogen) atoms. The molecule has 0 radical (unpaired) electrons. The van der Waals surface area contributed by atoms with Crippen LogP contribution in [0.4, 0.5) is 5.69 Å². The van der Waals surface area contributed by atoms with E-state index in [-0.39, 0.29) is 5.69 Å². The Labute approximate surface area is 137 Å². The van der Waals surface area contributed by atoms with E-state index in [4.69, 9.17) is 27.9 Å². The third-order valence-corrected chi connectivity index (χ3v) is 3.20. The molecule has 2 aromatic rings. The fourth-order valence-electron chi connectivity index (χ4n) is 1.68. The van der Waals surface area contributed by atoms with Gasteiger partial charge in [-0.05, 0) is 42.8 Å². The van der Waals surface area contributed by atoms with Gasteiger partial charge in [-0.1, -0.05) is 23.2 Å². The summed E-state index contributed by atoms with van der Waals surface area (Å²) >= 11 is 11.6. The van der Waals surface area contributed by atoms with Crippen LogP contribution in [0.3, 0.4) is 0 Å². The third kappa shape index (κ3) is 4.44. The Kier molecular flexibility index (Phi) is 5.35. The number of rotatable bonds is 4. The van der Waals surface area contributed by atoms with Crippen molar-refractivity contribution in [3.8, 4) is 0 Å². The van der Waals surface area contributed by atoms with Crippen LogP contribution in [0.5, 0.6) is 0 Å². The molecular weight excluding hydrogens is 327 g/mol. The van der Waals surface area contributed by atoms with Gasteiger partial charge < -0.3 is 10.1 Å². The Morgan fingerprint density at radius 1 is 1.18 bits per heavy atom. The number of carbonyl (C=O) groups excluding carboxylic acids is 2. The zero-order valence-electron chi connectivity index (χ0n) is 11.6. The van der Waals surface area contributed by atoms with Crippen LogP contribution in [0.15, 0.2) is 36.5 Å². The first-order chi connectivity index (χ1) is 10.5. The molecule has 7 heteroatoms. The lowest BCUT2D eigenvalue weighted by atomic mass is 10.2. The predicted octanol–water partition coefficient (Wildman–Crippen LogP) is 3.49. The summed E-state index contributed by atoms with van der Waals surface area (Å²) in [6, 6.07) is 7.96. The fraction of sp³-hybridized carbons (Fsp3) is 0.133. The van der Waals surface area contributed by atoms with Gasteiger partial charge in [-0.2, -0.15) is 0 Å². The lowest BCUT2D eigenvalue weighted by Crippen LogP contribution is -2.21. The molecule has 1 amide bonds. The number of esters is 1. The minimum Gasteiger partial charge on any atom is -0.451 e. The van der Waals surface area contributed by atoms with Gasteiger partial charge >= 0.3 is 5.97 Å². The second kappa shape index (κ2) is 7.24. The molecule has 0 fully saturated rings. The smallest absolute Gasteiger partial charge is 0.357 e. The largest absolute Gasteiger partial charge is 0.451 e. The number of aromatic nitrogens is 1. The van der Waals surface area contributed by atoms with Gasteiger partial charge in [-0.3, -0.25) is 4.79 Å². The number of hydrogen-bond donors (Lipinski definition) is 1. The van der Waals surface area contributed by atoms with Crippen molar-refractivity contribution in [2.45, 2.75) is 6.92 Å². The summed E-state index contributed by atoms with van der Waals surface area (Å²) in [5.74, 6) is -1.17. The van der Waals surface area contributed by atoms with Crippen molar-refractivity contribution in [1.29, 1.82) is 0 Å². The number of amides is 1. The van der Waals surface area contributed by atoms with E-state index in [9.17, 15) is 9.59 Å². The van der Waals surface area contributed by atoms with Gasteiger partial charge in [0.2, 0.25) is 0 Å². The highest BCUT2D eigenvalue weighted by Gasteiger charge is 2.12. The molecular formula is C15H12Cl2N2O3. The van der Waals surface area contributed by atoms with E-state index in [1.54, 1.807) is 18.2 Å². The van der Waals surface area contributed by atoms with Gasteiger partial charge in [0.25, 0.3) is 5.91 Å². The maximum atomic E-state index is 11.8. The van der Waals surface area contributed by atoms with Crippen molar-refractivity contribution in [2.75, 3.05) is 11.9 Å². The van der Waals surface area contributed by atoms with Crippen molar-refractivity contribution in [1.82, 2.24) is 4.98 Å². The molecule has 0 saturated carbocycles. The molecule has 1 aromatic heterocycles. The van der Waals surface area contributed by atoms with Gasteiger partial charge in [0.05, 0.1) is 0 Å². The van der Waals surface area contributed by atoms with Gasteiger partial charge in [0, 0.05) is 21.9 Å². The van der Waals surface area contributed by atoms with Crippen LogP contribution in [0.2, 0.25) is 10.0 Å². The zero-order valence-corrected chi connectivity index (χ0v) is 13.1. The first kappa shape index (κ1) is 16.3. The minimum absolute atomic E-state index is 0.0444. The van der Waals surface area contributed by atoms with E-state index < -0.39 is 18.5 Å². The van der Waals surface area contributed by atoms with Gasteiger partial charge in [-0.15, -0.1) is 0 Å². The second-order valence-corrected chi connectivity index (χ2v) is 5.32. The summed E-state index contributed by atoms with van der Waals surface area (Å²) < 4.78 is 4.88. The predicted molar refractivity (Wildman–Crippen MR) is 84.3 cm³/mol. The van der Waals surface area contributed by atoms with Crippen molar-refractivity contribution < 1.29 is 14.3 Å². The van der Waals surface area contributed by atoms with Gasteiger partial charge in [0.1, 0.15) is 5.69 Å². The lowest BCUT2D eigenvalue weighted by Gasteiger charge is -2.09. The van der Waals surface area contributed by atoms with Crippen LogP contribution in [0, 0.1) is 6.92 Å². The second-order valence-electron chi connectivity index (χ2n) is 4.44. The molecule has 0 bridgehead atoms. The molecule has 0 saturated heterocycles. The highest BCUT2D eigenvalue weighted by Crippen LogP contribution is 2.19. The van der Waals surface area contributed by atoms with E-state index in [0.29, 0.717) is 15.7 Å². The number of ether oxygens (including phenoxy) is 1. The number of benzene rings is 1. The topological polar surface area (TPSA) is 68.3 Å². The van der Waals surface area contributed by atoms with E-state index >= 15 is 0 Å². The lowest BCUT2D eigenvalue weighted by molar-refractivity contribution is -0.119. The molecule has 0 aliphatic carbocycles. The maximum Gasteiger partial charge on any atom is 0.357 e. The molecule has 1 aromatic carbocycles. The zero-order chi connectivity index (χ0) is 16.1. The standard InChI is InChI=1S/C15H12Cl2N2O3/c1-9-6-10(16)2-3-12(9)19-14(20)8-22-15(21)13-7-11(17)4-5-18-13/h2-7H,8H2,1H3,(H,19,20). The number of anilines is 1. The average molecular weight is 339 g/mol. The Morgan fingerprint density at radius 3 is 2.59 bits per heavy atom. The number of aryl methyl sites for hydroxylation is 1. The molecule has 2 rings (SSSR count). The molecule has 0 atom stereocenters. The first-order valence-corrected chi connectivity index (χ1v) is 7.06. The molecule has 0 aliphatic rings. The Bertz CT molecular complexity index is 720. The quantitative estimate of drug-likeness (QED) is 0.866. The number of carbonyl (C=O) groups is 2.